The van der Waals surface area contributed by atoms with Gasteiger partial charge in [-0.15, -0.1) is 11.3 Å². The number of rotatable bonds is 3. The SMILES string of the molecule is C[C@@H]1CN(C(=O)Cc2nc(-c3ccc(Cl)cc3)cs2)C[C@H](C)O1. The molecule has 1 aromatic carbocycles. The quantitative estimate of drug-likeness (QED) is 0.848. The minimum absolute atomic E-state index is 0.0867. The summed E-state index contributed by atoms with van der Waals surface area (Å²) in [6.07, 6.45) is 0.518. The molecule has 2 atom stereocenters. The van der Waals surface area contributed by atoms with Crippen molar-refractivity contribution in [1.82, 2.24) is 9.88 Å². The maximum absolute atomic E-state index is 12.5. The first-order valence-electron chi connectivity index (χ1n) is 7.65. The molecule has 3 rings (SSSR count). The lowest BCUT2D eigenvalue weighted by Crippen LogP contribution is -2.48. The molecule has 0 spiro atoms. The number of morpholine rings is 1. The summed E-state index contributed by atoms with van der Waals surface area (Å²) >= 11 is 7.42. The smallest absolute Gasteiger partial charge is 0.229 e. The summed E-state index contributed by atoms with van der Waals surface area (Å²) in [5.41, 5.74) is 1.90. The number of carbonyl (C=O) groups excluding carboxylic acids is 1. The van der Waals surface area contributed by atoms with Gasteiger partial charge in [-0.1, -0.05) is 23.7 Å². The van der Waals surface area contributed by atoms with Gasteiger partial charge in [0.25, 0.3) is 0 Å². The summed E-state index contributed by atoms with van der Waals surface area (Å²) in [6, 6.07) is 7.57. The highest BCUT2D eigenvalue weighted by Gasteiger charge is 2.26. The molecule has 23 heavy (non-hydrogen) atoms. The van der Waals surface area contributed by atoms with Gasteiger partial charge in [0, 0.05) is 29.1 Å². The summed E-state index contributed by atoms with van der Waals surface area (Å²) in [5.74, 6) is 0.115. The fourth-order valence-corrected chi connectivity index (χ4v) is 3.69. The van der Waals surface area contributed by atoms with E-state index in [-0.39, 0.29) is 18.1 Å². The van der Waals surface area contributed by atoms with Crippen molar-refractivity contribution >= 4 is 28.8 Å². The predicted molar refractivity (Wildman–Crippen MR) is 92.9 cm³/mol. The minimum atomic E-state index is 0.0867. The van der Waals surface area contributed by atoms with Crippen LogP contribution in [0.4, 0.5) is 0 Å². The molecule has 1 aromatic heterocycles. The van der Waals surface area contributed by atoms with E-state index < -0.39 is 0 Å². The second kappa shape index (κ2) is 6.99. The number of benzene rings is 1. The van der Waals surface area contributed by atoms with Crippen LogP contribution in [0.1, 0.15) is 18.9 Å². The van der Waals surface area contributed by atoms with E-state index in [1.807, 2.05) is 48.4 Å². The Bertz CT molecular complexity index is 676. The first-order valence-corrected chi connectivity index (χ1v) is 8.90. The lowest BCUT2D eigenvalue weighted by Gasteiger charge is -2.35. The highest BCUT2D eigenvalue weighted by atomic mass is 35.5. The molecule has 1 fully saturated rings. The van der Waals surface area contributed by atoms with E-state index in [0.717, 1.165) is 16.3 Å². The molecule has 1 aliphatic heterocycles. The van der Waals surface area contributed by atoms with Crippen molar-refractivity contribution in [3.8, 4) is 11.3 Å². The van der Waals surface area contributed by atoms with E-state index in [0.29, 0.717) is 24.5 Å². The number of amides is 1. The lowest BCUT2D eigenvalue weighted by atomic mass is 10.2. The number of nitrogens with zero attached hydrogens (tertiary/aromatic N) is 2. The first kappa shape index (κ1) is 16.4. The highest BCUT2D eigenvalue weighted by molar-refractivity contribution is 7.10. The highest BCUT2D eigenvalue weighted by Crippen LogP contribution is 2.24. The molecule has 0 radical (unpaired) electrons. The molecule has 1 amide bonds. The van der Waals surface area contributed by atoms with Gasteiger partial charge in [0.15, 0.2) is 0 Å². The van der Waals surface area contributed by atoms with Crippen molar-refractivity contribution in [2.24, 2.45) is 0 Å². The molecular weight excluding hydrogens is 332 g/mol. The Morgan fingerprint density at radius 3 is 2.61 bits per heavy atom. The predicted octanol–water partition coefficient (Wildman–Crippen LogP) is 3.64. The van der Waals surface area contributed by atoms with E-state index in [1.54, 1.807) is 0 Å². The first-order chi connectivity index (χ1) is 11.0. The van der Waals surface area contributed by atoms with Gasteiger partial charge in [-0.05, 0) is 26.0 Å². The summed E-state index contributed by atoms with van der Waals surface area (Å²) in [5, 5.41) is 3.53. The Morgan fingerprint density at radius 1 is 1.30 bits per heavy atom. The van der Waals surface area contributed by atoms with Crippen LogP contribution < -0.4 is 0 Å². The number of carbonyl (C=O) groups is 1. The topological polar surface area (TPSA) is 42.4 Å². The maximum atomic E-state index is 12.5. The molecule has 1 saturated heterocycles. The van der Waals surface area contributed by atoms with Crippen molar-refractivity contribution < 1.29 is 9.53 Å². The third-order valence-electron chi connectivity index (χ3n) is 3.77. The zero-order valence-electron chi connectivity index (χ0n) is 13.2. The van der Waals surface area contributed by atoms with Crippen LogP contribution in [0.25, 0.3) is 11.3 Å². The van der Waals surface area contributed by atoms with Gasteiger partial charge >= 0.3 is 0 Å². The molecule has 2 aromatic rings. The molecule has 6 heteroatoms. The van der Waals surface area contributed by atoms with Crippen molar-refractivity contribution in [2.45, 2.75) is 32.5 Å². The van der Waals surface area contributed by atoms with E-state index in [4.69, 9.17) is 16.3 Å². The summed E-state index contributed by atoms with van der Waals surface area (Å²) in [4.78, 5) is 18.9. The monoisotopic (exact) mass is 350 g/mol. The van der Waals surface area contributed by atoms with Crippen LogP contribution in [0.5, 0.6) is 0 Å². The van der Waals surface area contributed by atoms with Gasteiger partial charge in [-0.25, -0.2) is 4.98 Å². The van der Waals surface area contributed by atoms with Crippen LogP contribution >= 0.6 is 22.9 Å². The number of halogens is 1. The van der Waals surface area contributed by atoms with Gasteiger partial charge in [0.2, 0.25) is 5.91 Å². The molecule has 1 aliphatic rings. The molecule has 0 bridgehead atoms. The Kier molecular flexibility index (Phi) is 4.99. The number of hydrogen-bond donors (Lipinski definition) is 0. The zero-order valence-corrected chi connectivity index (χ0v) is 14.7. The normalized spacial score (nSPS) is 21.4. The summed E-state index contributed by atoms with van der Waals surface area (Å²) in [7, 11) is 0. The van der Waals surface area contributed by atoms with Crippen LogP contribution in [0.3, 0.4) is 0 Å². The summed E-state index contributed by atoms with van der Waals surface area (Å²) < 4.78 is 5.67. The molecule has 0 unspecified atom stereocenters. The zero-order chi connectivity index (χ0) is 16.4. The average Bonchev–Trinajstić information content (AvgIpc) is 2.95. The Balaban J connectivity index is 1.66. The number of thiazole rings is 1. The molecule has 0 aliphatic carbocycles. The third-order valence-corrected chi connectivity index (χ3v) is 4.87. The van der Waals surface area contributed by atoms with Crippen LogP contribution in [0.15, 0.2) is 29.6 Å². The van der Waals surface area contributed by atoms with E-state index in [1.165, 1.54) is 11.3 Å². The standard InChI is InChI=1S/C17H19ClN2O2S/c1-11-8-20(9-12(2)22-11)17(21)7-16-19-15(10-23-16)13-3-5-14(18)6-4-13/h3-6,10-12H,7-9H2,1-2H3/t11-,12+. The Labute approximate surface area is 145 Å². The van der Waals surface area contributed by atoms with Crippen LogP contribution in [0.2, 0.25) is 5.02 Å². The maximum Gasteiger partial charge on any atom is 0.229 e. The lowest BCUT2D eigenvalue weighted by molar-refractivity contribution is -0.142. The van der Waals surface area contributed by atoms with Crippen LogP contribution in [-0.4, -0.2) is 41.1 Å². The second-order valence-electron chi connectivity index (χ2n) is 5.87. The Hall–Kier alpha value is -1.43. The summed E-state index contributed by atoms with van der Waals surface area (Å²) in [6.45, 7) is 5.30. The van der Waals surface area contributed by atoms with Gasteiger partial charge < -0.3 is 9.64 Å². The van der Waals surface area contributed by atoms with Gasteiger partial charge in [-0.3, -0.25) is 4.79 Å². The van der Waals surface area contributed by atoms with Crippen LogP contribution in [0, 0.1) is 0 Å². The molecule has 122 valence electrons. The molecule has 4 nitrogen and oxygen atoms in total. The van der Waals surface area contributed by atoms with E-state index in [2.05, 4.69) is 4.98 Å². The fourth-order valence-electron chi connectivity index (χ4n) is 2.77. The van der Waals surface area contributed by atoms with Crippen LogP contribution in [-0.2, 0) is 16.0 Å². The van der Waals surface area contributed by atoms with E-state index in [9.17, 15) is 4.79 Å². The van der Waals surface area contributed by atoms with Crippen molar-refractivity contribution in [3.63, 3.8) is 0 Å². The number of hydrogen-bond acceptors (Lipinski definition) is 4. The number of ether oxygens (including phenoxy) is 1. The Morgan fingerprint density at radius 2 is 1.96 bits per heavy atom. The average molecular weight is 351 g/mol. The van der Waals surface area contributed by atoms with Crippen molar-refractivity contribution in [1.29, 1.82) is 0 Å². The number of aromatic nitrogens is 1. The molecule has 2 heterocycles. The van der Waals surface area contributed by atoms with Gasteiger partial charge in [0.05, 0.1) is 24.3 Å². The van der Waals surface area contributed by atoms with Crippen molar-refractivity contribution in [3.05, 3.63) is 39.7 Å². The molecular formula is C17H19ClN2O2S. The molecule has 0 saturated carbocycles. The third kappa shape index (κ3) is 4.10. The van der Waals surface area contributed by atoms with E-state index >= 15 is 0 Å². The largest absolute Gasteiger partial charge is 0.372 e. The van der Waals surface area contributed by atoms with Gasteiger partial charge in [0.1, 0.15) is 5.01 Å². The van der Waals surface area contributed by atoms with Gasteiger partial charge in [-0.2, -0.15) is 0 Å². The van der Waals surface area contributed by atoms with Crippen molar-refractivity contribution in [2.75, 3.05) is 13.1 Å². The molecule has 0 N–H and O–H groups in total. The second-order valence-corrected chi connectivity index (χ2v) is 7.25. The fraction of sp³-hybridized carbons (Fsp3) is 0.412. The minimum Gasteiger partial charge on any atom is -0.372 e.